The number of carbonyl (C=O) groups excluding carboxylic acids is 1. The van der Waals surface area contributed by atoms with Crippen molar-refractivity contribution >= 4 is 28.6 Å². The Balaban J connectivity index is 1.70. The fourth-order valence-electron chi connectivity index (χ4n) is 3.45. The summed E-state index contributed by atoms with van der Waals surface area (Å²) in [6.07, 6.45) is 3.26. The van der Waals surface area contributed by atoms with E-state index in [0.717, 1.165) is 40.6 Å². The van der Waals surface area contributed by atoms with Crippen molar-refractivity contribution in [3.8, 4) is 17.1 Å². The van der Waals surface area contributed by atoms with Crippen LogP contribution < -0.4 is 4.72 Å². The highest BCUT2D eigenvalue weighted by molar-refractivity contribution is 7.90. The highest BCUT2D eigenvalue weighted by Crippen LogP contribution is 2.27. The number of rotatable bonds is 7. The fraction of sp³-hybridized carbons (Fsp3) is 0.280. The van der Waals surface area contributed by atoms with Gasteiger partial charge in [-0.2, -0.15) is 5.10 Å². The first-order valence-corrected chi connectivity index (χ1v) is 12.0. The standard InChI is InChI=1S/C25H27N5O2S/c1-5-20(29-33(32)25(2,3)4)22-10-7-9-21(28-22)17-12-13-18-15-26-30(23(18)14-17)24-11-6-8-19(16-31)27-24/h6-16,20,29H,5H2,1-4H3/t20-,33?/m0/s1. The molecule has 0 aliphatic rings. The maximum Gasteiger partial charge on any atom is 0.168 e. The van der Waals surface area contributed by atoms with Crippen molar-refractivity contribution in [2.45, 2.75) is 44.9 Å². The van der Waals surface area contributed by atoms with Crippen molar-refractivity contribution < 1.29 is 9.35 Å². The third kappa shape index (κ3) is 4.98. The molecule has 0 aliphatic carbocycles. The number of nitrogens with zero attached hydrogens (tertiary/aromatic N) is 4. The van der Waals surface area contributed by atoms with Gasteiger partial charge in [-0.1, -0.05) is 31.2 Å². The number of aromatic nitrogens is 4. The van der Waals surface area contributed by atoms with Crippen molar-refractivity contribution in [3.05, 3.63) is 72.2 Å². The third-order valence-corrected chi connectivity index (χ3v) is 6.91. The topological polar surface area (TPSA) is 95.8 Å². The highest BCUT2D eigenvalue weighted by Gasteiger charge is 2.29. The van der Waals surface area contributed by atoms with Crippen LogP contribution in [-0.2, 0) is 11.4 Å². The second kappa shape index (κ2) is 9.43. The second-order valence-electron chi connectivity index (χ2n) is 8.78. The van der Waals surface area contributed by atoms with Crippen LogP contribution in [0.15, 0.2) is 60.8 Å². The molecule has 0 radical (unpaired) electrons. The van der Waals surface area contributed by atoms with Gasteiger partial charge in [-0.3, -0.25) is 9.78 Å². The fourth-order valence-corrected chi connectivity index (χ4v) is 4.35. The summed E-state index contributed by atoms with van der Waals surface area (Å²) in [6, 6.07) is 17.1. The summed E-state index contributed by atoms with van der Waals surface area (Å²) >= 11 is -1.19. The van der Waals surface area contributed by atoms with Crippen LogP contribution in [0.5, 0.6) is 0 Å². The summed E-state index contributed by atoms with van der Waals surface area (Å²) in [5.74, 6) is 0.577. The minimum atomic E-state index is -1.19. The van der Waals surface area contributed by atoms with Crippen LogP contribution in [0, 0.1) is 0 Å². The van der Waals surface area contributed by atoms with Crippen molar-refractivity contribution in [1.82, 2.24) is 24.5 Å². The molecule has 0 saturated carbocycles. The van der Waals surface area contributed by atoms with Crippen LogP contribution in [0.1, 0.15) is 56.3 Å². The molecule has 1 unspecified atom stereocenters. The Bertz CT molecular complexity index is 1280. The summed E-state index contributed by atoms with van der Waals surface area (Å²) in [4.78, 5) is 20.4. The van der Waals surface area contributed by atoms with Crippen molar-refractivity contribution in [1.29, 1.82) is 0 Å². The molecule has 0 spiro atoms. The number of pyridine rings is 2. The molecule has 1 N–H and O–H groups in total. The lowest BCUT2D eigenvalue weighted by Crippen LogP contribution is -2.41. The van der Waals surface area contributed by atoms with E-state index in [1.54, 1.807) is 23.0 Å². The molecule has 8 heteroatoms. The number of carbonyl (C=O) groups is 1. The van der Waals surface area contributed by atoms with Crippen LogP contribution in [0.4, 0.5) is 0 Å². The number of fused-ring (bicyclic) bond motifs is 1. The first-order chi connectivity index (χ1) is 15.8. The van der Waals surface area contributed by atoms with Gasteiger partial charge in [0.15, 0.2) is 12.1 Å². The van der Waals surface area contributed by atoms with Gasteiger partial charge in [-0.25, -0.2) is 9.67 Å². The maximum absolute atomic E-state index is 12.6. The van der Waals surface area contributed by atoms with E-state index in [1.165, 1.54) is 0 Å². The van der Waals surface area contributed by atoms with Gasteiger partial charge in [0.05, 0.1) is 29.1 Å². The Morgan fingerprint density at radius 1 is 1.12 bits per heavy atom. The predicted octanol–water partition coefficient (Wildman–Crippen LogP) is 4.80. The summed E-state index contributed by atoms with van der Waals surface area (Å²) in [5.41, 5.74) is 3.83. The first kappa shape index (κ1) is 23.1. The van der Waals surface area contributed by atoms with E-state index in [-0.39, 0.29) is 10.8 Å². The smallest absolute Gasteiger partial charge is 0.168 e. The zero-order chi connectivity index (χ0) is 23.6. The minimum Gasteiger partial charge on any atom is -0.598 e. The summed E-state index contributed by atoms with van der Waals surface area (Å²) in [6.45, 7) is 7.90. The summed E-state index contributed by atoms with van der Waals surface area (Å²) < 4.78 is 17.2. The van der Waals surface area contributed by atoms with E-state index in [4.69, 9.17) is 4.98 Å². The van der Waals surface area contributed by atoms with Gasteiger partial charge >= 0.3 is 0 Å². The Morgan fingerprint density at radius 2 is 1.91 bits per heavy atom. The van der Waals surface area contributed by atoms with Crippen molar-refractivity contribution in [3.63, 3.8) is 0 Å². The molecule has 4 aromatic rings. The van der Waals surface area contributed by atoms with Gasteiger partial charge in [-0.05, 0) is 57.5 Å². The Kier molecular flexibility index (Phi) is 6.60. The zero-order valence-corrected chi connectivity index (χ0v) is 20.0. The molecule has 1 aromatic carbocycles. The zero-order valence-electron chi connectivity index (χ0n) is 19.1. The Hall–Kier alpha value is -3.07. The first-order valence-electron chi connectivity index (χ1n) is 10.9. The van der Waals surface area contributed by atoms with Gasteiger partial charge in [0, 0.05) is 22.3 Å². The molecule has 0 bridgehead atoms. The third-order valence-electron chi connectivity index (χ3n) is 5.30. The van der Waals surface area contributed by atoms with E-state index in [1.807, 2.05) is 63.2 Å². The van der Waals surface area contributed by atoms with Crippen LogP contribution in [-0.4, -0.2) is 35.3 Å². The second-order valence-corrected chi connectivity index (χ2v) is 10.8. The van der Waals surface area contributed by atoms with E-state index < -0.39 is 11.4 Å². The minimum absolute atomic E-state index is 0.116. The Labute approximate surface area is 196 Å². The molecule has 0 saturated heterocycles. The summed E-state index contributed by atoms with van der Waals surface area (Å²) in [7, 11) is 0. The number of hydrogen-bond donors (Lipinski definition) is 1. The predicted molar refractivity (Wildman–Crippen MR) is 132 cm³/mol. The highest BCUT2D eigenvalue weighted by atomic mass is 32.2. The van der Waals surface area contributed by atoms with Crippen LogP contribution in [0.3, 0.4) is 0 Å². The molecule has 0 fully saturated rings. The molecule has 2 atom stereocenters. The SMILES string of the molecule is CC[C@H](N[S+]([O-])C(C)(C)C)c1cccc(-c2ccc3cnn(-c4cccc(C=O)n4)c3c2)n1. The van der Waals surface area contributed by atoms with Crippen LogP contribution >= 0.6 is 0 Å². The quantitative estimate of drug-likeness (QED) is 0.314. The monoisotopic (exact) mass is 461 g/mol. The van der Waals surface area contributed by atoms with Crippen LogP contribution in [0.25, 0.3) is 28.0 Å². The largest absolute Gasteiger partial charge is 0.598 e. The molecular weight excluding hydrogens is 434 g/mol. The molecule has 0 aliphatic heterocycles. The lowest BCUT2D eigenvalue weighted by atomic mass is 10.1. The van der Waals surface area contributed by atoms with E-state index in [0.29, 0.717) is 11.5 Å². The van der Waals surface area contributed by atoms with Crippen molar-refractivity contribution in [2.24, 2.45) is 0 Å². The number of benzene rings is 1. The maximum atomic E-state index is 12.6. The molecule has 0 amide bonds. The molecule has 3 heterocycles. The number of hydrogen-bond acceptors (Lipinski definition) is 6. The molecule has 7 nitrogen and oxygen atoms in total. The molecule has 33 heavy (non-hydrogen) atoms. The van der Waals surface area contributed by atoms with E-state index in [2.05, 4.69) is 21.7 Å². The van der Waals surface area contributed by atoms with E-state index >= 15 is 0 Å². The lowest BCUT2D eigenvalue weighted by Gasteiger charge is -2.27. The molecule has 170 valence electrons. The van der Waals surface area contributed by atoms with Gasteiger partial charge in [0.25, 0.3) is 0 Å². The van der Waals surface area contributed by atoms with E-state index in [9.17, 15) is 9.35 Å². The van der Waals surface area contributed by atoms with Gasteiger partial charge in [0.1, 0.15) is 10.4 Å². The molecule has 3 aromatic heterocycles. The number of aldehydes is 1. The lowest BCUT2D eigenvalue weighted by molar-refractivity contribution is 0.111. The van der Waals surface area contributed by atoms with Gasteiger partial charge in [0.2, 0.25) is 0 Å². The van der Waals surface area contributed by atoms with Gasteiger partial charge in [-0.15, -0.1) is 4.72 Å². The number of nitrogens with one attached hydrogen (secondary N) is 1. The van der Waals surface area contributed by atoms with Crippen molar-refractivity contribution in [2.75, 3.05) is 0 Å². The van der Waals surface area contributed by atoms with Crippen LogP contribution in [0.2, 0.25) is 0 Å². The van der Waals surface area contributed by atoms with Gasteiger partial charge < -0.3 is 4.55 Å². The summed E-state index contributed by atoms with van der Waals surface area (Å²) in [5, 5.41) is 5.42. The average molecular weight is 462 g/mol. The Morgan fingerprint density at radius 3 is 2.64 bits per heavy atom. The molecular formula is C25H27N5O2S. The molecule has 4 rings (SSSR count). The average Bonchev–Trinajstić information content (AvgIpc) is 3.25. The normalized spacial score (nSPS) is 13.7.